The van der Waals surface area contributed by atoms with Gasteiger partial charge in [-0.15, -0.1) is 0 Å². The highest BCUT2D eigenvalue weighted by molar-refractivity contribution is 6.23. The van der Waals surface area contributed by atoms with Crippen LogP contribution in [0.25, 0.3) is 99.4 Å². The van der Waals surface area contributed by atoms with Gasteiger partial charge in [0.15, 0.2) is 0 Å². The van der Waals surface area contributed by atoms with Gasteiger partial charge in [0, 0.05) is 49.2 Å². The van der Waals surface area contributed by atoms with Crippen molar-refractivity contribution in [2.45, 2.75) is 0 Å². The summed E-state index contributed by atoms with van der Waals surface area (Å²) in [5, 5.41) is 13.9. The van der Waals surface area contributed by atoms with E-state index in [1.807, 2.05) is 54.6 Å². The molecule has 0 N–H and O–H groups in total. The molecule has 0 fully saturated rings. The molecule has 0 atom stereocenters. The highest BCUT2D eigenvalue weighted by Gasteiger charge is 2.20. The topological polar surface area (TPSA) is 77.6 Å². The molecule has 0 amide bonds. The summed E-state index contributed by atoms with van der Waals surface area (Å²) >= 11 is 0. The SMILES string of the molecule is c1ccc(-c2ccc3ccc4ccc(-c5ccc(-c6nc7ccccc7c7c6cc(-c6ccccc6)c6nonc67)cc5)nc4c3n2)cc1. The molecule has 6 aromatic carbocycles. The largest absolute Gasteiger partial charge is 0.247 e. The molecule has 49 heavy (non-hydrogen) atoms. The summed E-state index contributed by atoms with van der Waals surface area (Å²) in [7, 11) is 0. The Balaban J connectivity index is 1.13. The van der Waals surface area contributed by atoms with E-state index in [9.17, 15) is 0 Å². The van der Waals surface area contributed by atoms with Gasteiger partial charge < -0.3 is 0 Å². The minimum atomic E-state index is 0.726. The normalized spacial score (nSPS) is 11.7. The first kappa shape index (κ1) is 27.3. The molecule has 0 spiro atoms. The van der Waals surface area contributed by atoms with Crippen molar-refractivity contribution in [3.63, 3.8) is 0 Å². The van der Waals surface area contributed by atoms with Gasteiger partial charge in [-0.2, -0.15) is 0 Å². The van der Waals surface area contributed by atoms with Crippen molar-refractivity contribution in [3.8, 4) is 44.9 Å². The Kier molecular flexibility index (Phi) is 6.08. The number of hydrogen-bond acceptors (Lipinski definition) is 6. The maximum absolute atomic E-state index is 5.35. The maximum Gasteiger partial charge on any atom is 0.144 e. The van der Waals surface area contributed by atoms with Gasteiger partial charge in [-0.05, 0) is 40.1 Å². The van der Waals surface area contributed by atoms with E-state index in [1.165, 1.54) is 0 Å². The molecular formula is C43H25N5O. The monoisotopic (exact) mass is 627 g/mol. The second-order valence-corrected chi connectivity index (χ2v) is 12.2. The molecular weight excluding hydrogens is 603 g/mol. The van der Waals surface area contributed by atoms with Crippen molar-refractivity contribution in [3.05, 3.63) is 152 Å². The molecule has 10 aromatic rings. The summed E-state index contributed by atoms with van der Waals surface area (Å²) in [6, 6.07) is 51.9. The molecule has 0 saturated carbocycles. The number of hydrogen-bond donors (Lipinski definition) is 0. The number of rotatable bonds is 4. The zero-order valence-corrected chi connectivity index (χ0v) is 26.1. The van der Waals surface area contributed by atoms with Crippen LogP contribution in [0, 0.1) is 0 Å². The first-order chi connectivity index (χ1) is 24.3. The molecule has 0 saturated heterocycles. The van der Waals surface area contributed by atoms with Gasteiger partial charge in [0.2, 0.25) is 0 Å². The molecule has 0 aliphatic carbocycles. The number of fused-ring (bicyclic) bond motifs is 8. The van der Waals surface area contributed by atoms with Gasteiger partial charge in [0.05, 0.1) is 33.6 Å². The van der Waals surface area contributed by atoms with Gasteiger partial charge in [0.1, 0.15) is 11.0 Å². The van der Waals surface area contributed by atoms with Crippen molar-refractivity contribution in [1.82, 2.24) is 25.3 Å². The Bertz CT molecular complexity index is 2870. The van der Waals surface area contributed by atoms with Crippen molar-refractivity contribution < 1.29 is 4.63 Å². The third kappa shape index (κ3) is 4.46. The average molecular weight is 628 g/mol. The van der Waals surface area contributed by atoms with Crippen molar-refractivity contribution in [2.24, 2.45) is 0 Å². The molecule has 0 unspecified atom stereocenters. The summed E-state index contributed by atoms with van der Waals surface area (Å²) in [4.78, 5) is 15.5. The fourth-order valence-electron chi connectivity index (χ4n) is 6.92. The van der Waals surface area contributed by atoms with E-state index >= 15 is 0 Å². The average Bonchev–Trinajstić information content (AvgIpc) is 3.68. The smallest absolute Gasteiger partial charge is 0.144 e. The zero-order valence-electron chi connectivity index (χ0n) is 26.1. The van der Waals surface area contributed by atoms with Gasteiger partial charge in [0.25, 0.3) is 0 Å². The molecule has 0 aliphatic rings. The highest BCUT2D eigenvalue weighted by Crippen LogP contribution is 2.41. The first-order valence-electron chi connectivity index (χ1n) is 16.2. The lowest BCUT2D eigenvalue weighted by molar-refractivity contribution is 0.316. The first-order valence-corrected chi connectivity index (χ1v) is 16.2. The van der Waals surface area contributed by atoms with Gasteiger partial charge in [-0.25, -0.2) is 19.6 Å². The molecule has 228 valence electrons. The van der Waals surface area contributed by atoms with Crippen LogP contribution in [0.2, 0.25) is 0 Å². The van der Waals surface area contributed by atoms with Crippen LogP contribution in [-0.2, 0) is 0 Å². The molecule has 10 rings (SSSR count). The van der Waals surface area contributed by atoms with Gasteiger partial charge >= 0.3 is 0 Å². The second kappa shape index (κ2) is 10.9. The Morgan fingerprint density at radius 1 is 0.388 bits per heavy atom. The molecule has 0 aliphatic heterocycles. The predicted octanol–water partition coefficient (Wildman–Crippen LogP) is 10.7. The van der Waals surface area contributed by atoms with Crippen LogP contribution in [0.1, 0.15) is 0 Å². The molecule has 0 radical (unpaired) electrons. The lowest BCUT2D eigenvalue weighted by Gasteiger charge is -2.13. The Labute approximate surface area is 280 Å². The molecule has 4 aromatic heterocycles. The number of para-hydroxylation sites is 1. The van der Waals surface area contributed by atoms with Crippen LogP contribution < -0.4 is 0 Å². The standard InChI is InChI=1S/C43H25N5O/c1-3-9-26(10-4-1)33-25-34-38(43-42(33)47-49-48-43)32-13-7-8-14-37(32)46-39(34)29-17-15-28(16-18-29)36-24-22-31-20-19-30-21-23-35(27-11-5-2-6-12-27)44-40(30)41(31)45-36/h1-25H. The van der Waals surface area contributed by atoms with E-state index in [2.05, 4.69) is 107 Å². The van der Waals surface area contributed by atoms with Crippen molar-refractivity contribution in [1.29, 1.82) is 0 Å². The maximum atomic E-state index is 5.35. The fraction of sp³-hybridized carbons (Fsp3) is 0. The van der Waals surface area contributed by atoms with Gasteiger partial charge in [-0.1, -0.05) is 127 Å². The van der Waals surface area contributed by atoms with Crippen LogP contribution >= 0.6 is 0 Å². The van der Waals surface area contributed by atoms with E-state index in [0.717, 1.165) is 99.4 Å². The third-order valence-corrected chi connectivity index (χ3v) is 9.33. The minimum absolute atomic E-state index is 0.726. The van der Waals surface area contributed by atoms with E-state index in [0.29, 0.717) is 0 Å². The summed E-state index contributed by atoms with van der Waals surface area (Å²) in [5.74, 6) is 0. The number of pyridine rings is 3. The second-order valence-electron chi connectivity index (χ2n) is 12.2. The lowest BCUT2D eigenvalue weighted by atomic mass is 9.93. The van der Waals surface area contributed by atoms with Crippen molar-refractivity contribution in [2.75, 3.05) is 0 Å². The van der Waals surface area contributed by atoms with Crippen molar-refractivity contribution >= 4 is 54.5 Å². The van der Waals surface area contributed by atoms with Crippen LogP contribution in [0.4, 0.5) is 0 Å². The molecule has 0 bridgehead atoms. The quantitative estimate of drug-likeness (QED) is 0.181. The number of nitrogens with zero attached hydrogens (tertiary/aromatic N) is 5. The summed E-state index contributed by atoms with van der Waals surface area (Å²) in [5.41, 5.74) is 11.9. The molecule has 4 heterocycles. The van der Waals surface area contributed by atoms with Crippen LogP contribution in [0.15, 0.2) is 156 Å². The van der Waals surface area contributed by atoms with Crippen LogP contribution in [-0.4, -0.2) is 25.3 Å². The Morgan fingerprint density at radius 3 is 1.63 bits per heavy atom. The van der Waals surface area contributed by atoms with E-state index in [1.54, 1.807) is 0 Å². The minimum Gasteiger partial charge on any atom is -0.247 e. The lowest BCUT2D eigenvalue weighted by Crippen LogP contribution is -1.93. The fourth-order valence-corrected chi connectivity index (χ4v) is 6.92. The van der Waals surface area contributed by atoms with Gasteiger partial charge in [-0.3, -0.25) is 0 Å². The summed E-state index contributed by atoms with van der Waals surface area (Å²) < 4.78 is 5.35. The third-order valence-electron chi connectivity index (χ3n) is 9.33. The van der Waals surface area contributed by atoms with E-state index < -0.39 is 0 Å². The summed E-state index contributed by atoms with van der Waals surface area (Å²) in [6.45, 7) is 0. The number of aromatic nitrogens is 5. The van der Waals surface area contributed by atoms with Crippen LogP contribution in [0.3, 0.4) is 0 Å². The highest BCUT2D eigenvalue weighted by atomic mass is 16.6. The summed E-state index contributed by atoms with van der Waals surface area (Å²) in [6.07, 6.45) is 0. The molecule has 6 nitrogen and oxygen atoms in total. The zero-order chi connectivity index (χ0) is 32.3. The van der Waals surface area contributed by atoms with Crippen LogP contribution in [0.5, 0.6) is 0 Å². The number of benzene rings is 6. The Hall–Kier alpha value is -6.79. The van der Waals surface area contributed by atoms with E-state index in [4.69, 9.17) is 19.6 Å². The Morgan fingerprint density at radius 2 is 0.939 bits per heavy atom. The molecule has 6 heteroatoms. The predicted molar refractivity (Wildman–Crippen MR) is 197 cm³/mol. The van der Waals surface area contributed by atoms with E-state index in [-0.39, 0.29) is 0 Å².